The lowest BCUT2D eigenvalue weighted by atomic mass is 10.4. The molecule has 0 saturated carbocycles. The molecular weight excluding hydrogens is 224 g/mol. The Kier molecular flexibility index (Phi) is 38.4. The third-order valence-corrected chi connectivity index (χ3v) is 1.39. The van der Waals surface area contributed by atoms with Gasteiger partial charge in [-0.25, -0.2) is 0 Å². The molecule has 0 saturated heterocycles. The fourth-order valence-electron chi connectivity index (χ4n) is 0.617. The van der Waals surface area contributed by atoms with Crippen LogP contribution in [-0.2, 0) is 9.47 Å². The zero-order valence-corrected chi connectivity index (χ0v) is 11.5. The SMILES string of the molecule is CCCCOCCO.CCOCC.OCCO. The molecule has 0 atom stereocenters. The van der Waals surface area contributed by atoms with Gasteiger partial charge in [0, 0.05) is 19.8 Å². The molecule has 0 rings (SSSR count). The molecule has 0 aromatic rings. The van der Waals surface area contributed by atoms with Crippen molar-refractivity contribution in [3.8, 4) is 0 Å². The predicted molar refractivity (Wildman–Crippen MR) is 69.2 cm³/mol. The maximum atomic E-state index is 8.24. The third-order valence-electron chi connectivity index (χ3n) is 1.39. The average Bonchev–Trinajstić information content (AvgIpc) is 2.37. The Balaban J connectivity index is -0.000000188. The van der Waals surface area contributed by atoms with Gasteiger partial charge in [0.1, 0.15) is 0 Å². The smallest absolute Gasteiger partial charge is 0.0697 e. The van der Waals surface area contributed by atoms with Crippen LogP contribution in [0.5, 0.6) is 0 Å². The molecule has 3 N–H and O–H groups in total. The summed E-state index contributed by atoms with van der Waals surface area (Å²) in [5, 5.41) is 23.5. The lowest BCUT2D eigenvalue weighted by molar-refractivity contribution is 0.0904. The van der Waals surface area contributed by atoms with E-state index in [4.69, 9.17) is 24.8 Å². The van der Waals surface area contributed by atoms with Crippen molar-refractivity contribution in [3.05, 3.63) is 0 Å². The molecule has 5 nitrogen and oxygen atoms in total. The van der Waals surface area contributed by atoms with Crippen LogP contribution in [0, 0.1) is 0 Å². The molecule has 0 aromatic heterocycles. The summed E-state index contributed by atoms with van der Waals surface area (Å²) in [6.07, 6.45) is 2.26. The van der Waals surface area contributed by atoms with Crippen molar-refractivity contribution in [2.45, 2.75) is 33.6 Å². The molecule has 0 bridgehead atoms. The summed E-state index contributed by atoms with van der Waals surface area (Å²) in [5.74, 6) is 0. The van der Waals surface area contributed by atoms with Crippen molar-refractivity contribution in [1.82, 2.24) is 0 Å². The van der Waals surface area contributed by atoms with Crippen molar-refractivity contribution < 1.29 is 24.8 Å². The second-order valence-corrected chi connectivity index (χ2v) is 2.92. The van der Waals surface area contributed by atoms with E-state index in [1.54, 1.807) is 0 Å². The molecule has 0 aliphatic carbocycles. The van der Waals surface area contributed by atoms with E-state index >= 15 is 0 Å². The van der Waals surface area contributed by atoms with E-state index in [2.05, 4.69) is 6.92 Å². The minimum absolute atomic E-state index is 0.125. The van der Waals surface area contributed by atoms with E-state index < -0.39 is 0 Å². The van der Waals surface area contributed by atoms with Crippen LogP contribution in [0.3, 0.4) is 0 Å². The number of unbranched alkanes of at least 4 members (excludes halogenated alkanes) is 1. The largest absolute Gasteiger partial charge is 0.394 e. The van der Waals surface area contributed by atoms with Gasteiger partial charge in [0.15, 0.2) is 0 Å². The van der Waals surface area contributed by atoms with E-state index in [1.165, 1.54) is 0 Å². The van der Waals surface area contributed by atoms with Crippen molar-refractivity contribution >= 4 is 0 Å². The monoisotopic (exact) mass is 254 g/mol. The van der Waals surface area contributed by atoms with Crippen molar-refractivity contribution in [3.63, 3.8) is 0 Å². The first kappa shape index (κ1) is 22.0. The number of aliphatic hydroxyl groups is 3. The van der Waals surface area contributed by atoms with E-state index in [-0.39, 0.29) is 19.8 Å². The van der Waals surface area contributed by atoms with Crippen LogP contribution in [0.1, 0.15) is 33.6 Å². The fourth-order valence-corrected chi connectivity index (χ4v) is 0.617. The molecule has 108 valence electrons. The summed E-state index contributed by atoms with van der Waals surface area (Å²) in [7, 11) is 0. The summed E-state index contributed by atoms with van der Waals surface area (Å²) in [4.78, 5) is 0. The number of rotatable bonds is 8. The van der Waals surface area contributed by atoms with Gasteiger partial charge in [0.25, 0.3) is 0 Å². The summed E-state index contributed by atoms with van der Waals surface area (Å²) in [6, 6.07) is 0. The maximum absolute atomic E-state index is 8.24. The van der Waals surface area contributed by atoms with Gasteiger partial charge in [0.05, 0.1) is 26.4 Å². The van der Waals surface area contributed by atoms with Crippen molar-refractivity contribution in [2.24, 2.45) is 0 Å². The Morgan fingerprint density at radius 3 is 1.47 bits per heavy atom. The molecule has 0 radical (unpaired) electrons. The van der Waals surface area contributed by atoms with Crippen LogP contribution in [0.25, 0.3) is 0 Å². The van der Waals surface area contributed by atoms with Crippen molar-refractivity contribution in [2.75, 3.05) is 46.2 Å². The Bertz CT molecular complexity index is 81.0. The van der Waals surface area contributed by atoms with Crippen LogP contribution >= 0.6 is 0 Å². The molecule has 0 aliphatic rings. The van der Waals surface area contributed by atoms with Crippen LogP contribution in [0.4, 0.5) is 0 Å². The fraction of sp³-hybridized carbons (Fsp3) is 1.00. The first-order chi connectivity index (χ1) is 8.24. The van der Waals surface area contributed by atoms with Gasteiger partial charge in [-0.15, -0.1) is 0 Å². The first-order valence-corrected chi connectivity index (χ1v) is 6.22. The molecule has 0 heterocycles. The summed E-state index contributed by atoms with van der Waals surface area (Å²) in [5.41, 5.74) is 0. The van der Waals surface area contributed by atoms with E-state index in [1.807, 2.05) is 13.8 Å². The third kappa shape index (κ3) is 49.5. The van der Waals surface area contributed by atoms with Crippen LogP contribution < -0.4 is 0 Å². The topological polar surface area (TPSA) is 79.2 Å². The Morgan fingerprint density at radius 1 is 0.706 bits per heavy atom. The zero-order chi connectivity index (χ0) is 13.8. The Hall–Kier alpha value is -0.200. The van der Waals surface area contributed by atoms with Crippen LogP contribution in [0.15, 0.2) is 0 Å². The number of aliphatic hydroxyl groups excluding tert-OH is 3. The number of ether oxygens (including phenoxy) is 2. The lowest BCUT2D eigenvalue weighted by Gasteiger charge is -1.97. The van der Waals surface area contributed by atoms with E-state index in [0.29, 0.717) is 6.61 Å². The van der Waals surface area contributed by atoms with Crippen LogP contribution in [0.2, 0.25) is 0 Å². The summed E-state index contributed by atoms with van der Waals surface area (Å²) >= 11 is 0. The van der Waals surface area contributed by atoms with E-state index in [9.17, 15) is 0 Å². The summed E-state index contributed by atoms with van der Waals surface area (Å²) < 4.78 is 9.81. The second kappa shape index (κ2) is 29.7. The van der Waals surface area contributed by atoms with Crippen LogP contribution in [-0.4, -0.2) is 61.6 Å². The molecule has 0 aliphatic heterocycles. The molecule has 0 fully saturated rings. The highest BCUT2D eigenvalue weighted by atomic mass is 16.5. The first-order valence-electron chi connectivity index (χ1n) is 6.22. The molecule has 17 heavy (non-hydrogen) atoms. The van der Waals surface area contributed by atoms with Gasteiger partial charge in [0.2, 0.25) is 0 Å². The highest BCUT2D eigenvalue weighted by molar-refractivity contribution is 4.30. The predicted octanol–water partition coefficient (Wildman–Crippen LogP) is 0.809. The van der Waals surface area contributed by atoms with Gasteiger partial charge in [-0.1, -0.05) is 13.3 Å². The minimum atomic E-state index is -0.125. The molecule has 0 unspecified atom stereocenters. The van der Waals surface area contributed by atoms with Gasteiger partial charge in [-0.05, 0) is 20.3 Å². The van der Waals surface area contributed by atoms with E-state index in [0.717, 1.165) is 32.7 Å². The second-order valence-electron chi connectivity index (χ2n) is 2.92. The van der Waals surface area contributed by atoms with Crippen molar-refractivity contribution in [1.29, 1.82) is 0 Å². The number of hydrogen-bond acceptors (Lipinski definition) is 5. The molecular formula is C12H30O5. The average molecular weight is 254 g/mol. The normalized spacial score (nSPS) is 8.82. The number of hydrogen-bond donors (Lipinski definition) is 3. The van der Waals surface area contributed by atoms with Gasteiger partial charge in [-0.2, -0.15) is 0 Å². The molecule has 5 heteroatoms. The maximum Gasteiger partial charge on any atom is 0.0697 e. The minimum Gasteiger partial charge on any atom is -0.394 e. The summed E-state index contributed by atoms with van der Waals surface area (Å²) in [6.45, 7) is 8.95. The molecule has 0 spiro atoms. The Morgan fingerprint density at radius 2 is 1.24 bits per heavy atom. The molecule has 0 amide bonds. The standard InChI is InChI=1S/C6H14O2.C4H10O.C2H6O2/c1-2-3-5-8-6-4-7;1-3-5-4-2;3-1-2-4/h7H,2-6H2,1H3;3-4H2,1-2H3;3-4H,1-2H2. The molecule has 0 aromatic carbocycles. The highest BCUT2D eigenvalue weighted by Crippen LogP contribution is 1.85. The quantitative estimate of drug-likeness (QED) is 0.559. The van der Waals surface area contributed by atoms with Gasteiger partial charge < -0.3 is 24.8 Å². The Labute approximate surface area is 105 Å². The highest BCUT2D eigenvalue weighted by Gasteiger charge is 1.82. The lowest BCUT2D eigenvalue weighted by Crippen LogP contribution is -1.99. The zero-order valence-electron chi connectivity index (χ0n) is 11.5. The van der Waals surface area contributed by atoms with Gasteiger partial charge in [-0.3, -0.25) is 0 Å². The van der Waals surface area contributed by atoms with Gasteiger partial charge >= 0.3 is 0 Å².